The van der Waals surface area contributed by atoms with Crippen LogP contribution in [0.3, 0.4) is 0 Å². The maximum atomic E-state index is 13.8. The molecule has 1 atom stereocenters. The van der Waals surface area contributed by atoms with Crippen LogP contribution in [0.5, 0.6) is 0 Å². The number of hydrogen-bond acceptors (Lipinski definition) is 3. The Balaban J connectivity index is 2.25. The van der Waals surface area contributed by atoms with Crippen molar-refractivity contribution in [1.29, 1.82) is 0 Å². The van der Waals surface area contributed by atoms with Gasteiger partial charge in [0.25, 0.3) is 0 Å². The van der Waals surface area contributed by atoms with Crippen molar-refractivity contribution >= 4 is 21.6 Å². The average Bonchev–Trinajstić information content (AvgIpc) is 2.59. The fourth-order valence-electron chi connectivity index (χ4n) is 2.38. The summed E-state index contributed by atoms with van der Waals surface area (Å²) in [5, 5.41) is 2.26. The maximum Gasteiger partial charge on any atom is 0.416 e. The lowest BCUT2D eigenvalue weighted by Gasteiger charge is -2.22. The van der Waals surface area contributed by atoms with Gasteiger partial charge < -0.3 is 5.32 Å². The highest BCUT2D eigenvalue weighted by atomic mass is 32.2. The van der Waals surface area contributed by atoms with Crippen LogP contribution < -0.4 is 10.0 Å². The topological polar surface area (TPSA) is 75.3 Å². The van der Waals surface area contributed by atoms with Gasteiger partial charge in [-0.05, 0) is 36.2 Å². The third kappa shape index (κ3) is 5.29. The van der Waals surface area contributed by atoms with E-state index < -0.39 is 50.3 Å². The Hall–Kier alpha value is -2.46. The van der Waals surface area contributed by atoms with Gasteiger partial charge in [-0.25, -0.2) is 12.8 Å². The van der Waals surface area contributed by atoms with E-state index in [0.717, 1.165) is 30.3 Å². The molecule has 2 aromatic rings. The van der Waals surface area contributed by atoms with E-state index >= 15 is 0 Å². The first-order chi connectivity index (χ1) is 12.9. The summed E-state index contributed by atoms with van der Waals surface area (Å²) in [6.07, 6.45) is -4.59. The molecule has 0 saturated carbocycles. The zero-order chi connectivity index (χ0) is 21.1. The summed E-state index contributed by atoms with van der Waals surface area (Å²) in [6.45, 7) is 3.08. The van der Waals surface area contributed by atoms with Gasteiger partial charge in [0.1, 0.15) is 16.8 Å². The fourth-order valence-corrected chi connectivity index (χ4v) is 3.80. The van der Waals surface area contributed by atoms with Crippen LogP contribution >= 0.6 is 0 Å². The lowest BCUT2D eigenvalue weighted by Crippen LogP contribution is -2.47. The number of carbonyl (C=O) groups excluding carboxylic acids is 1. The quantitative estimate of drug-likeness (QED) is 0.701. The minimum atomic E-state index is -4.59. The Kier molecular flexibility index (Phi) is 6.45. The number of carbonyl (C=O) groups is 1. The van der Waals surface area contributed by atoms with Gasteiger partial charge in [0.15, 0.2) is 0 Å². The molecule has 0 bridgehead atoms. The highest BCUT2D eigenvalue weighted by molar-refractivity contribution is 7.89. The second-order valence-corrected chi connectivity index (χ2v) is 8.02. The summed E-state index contributed by atoms with van der Waals surface area (Å²) < 4.78 is 79.2. The maximum absolute atomic E-state index is 13.8. The molecule has 0 heterocycles. The molecule has 0 unspecified atom stereocenters. The van der Waals surface area contributed by atoms with Crippen LogP contribution in [0.4, 0.5) is 23.2 Å². The summed E-state index contributed by atoms with van der Waals surface area (Å²) in [4.78, 5) is 11.9. The molecule has 0 spiro atoms. The van der Waals surface area contributed by atoms with Crippen LogP contribution in [0, 0.1) is 11.7 Å². The standard InChI is InChI=1S/C18H18F4N2O3S/c1-11(2)16(24-28(26,27)15-9-4-3-8-14(15)19)17(25)23-13-7-5-6-12(10-13)18(20,21)22/h3-11,16,24H,1-2H3,(H,23,25)/t16-/m0/s1. The molecule has 10 heteroatoms. The lowest BCUT2D eigenvalue weighted by molar-refractivity contribution is -0.137. The molecule has 2 rings (SSSR count). The van der Waals surface area contributed by atoms with E-state index in [4.69, 9.17) is 0 Å². The summed E-state index contributed by atoms with van der Waals surface area (Å²) in [5.74, 6) is -2.42. The Morgan fingerprint density at radius 1 is 1.04 bits per heavy atom. The number of sulfonamides is 1. The number of anilines is 1. The van der Waals surface area contributed by atoms with Gasteiger partial charge in [-0.2, -0.15) is 17.9 Å². The molecule has 0 aliphatic heterocycles. The van der Waals surface area contributed by atoms with Crippen molar-refractivity contribution < 1.29 is 30.8 Å². The first kappa shape index (κ1) is 21.8. The molecule has 28 heavy (non-hydrogen) atoms. The van der Waals surface area contributed by atoms with Gasteiger partial charge in [-0.15, -0.1) is 0 Å². The molecule has 0 aromatic heterocycles. The normalized spacial score (nSPS) is 13.4. The van der Waals surface area contributed by atoms with Crippen LogP contribution in [0.1, 0.15) is 19.4 Å². The van der Waals surface area contributed by atoms with Gasteiger partial charge in [0.05, 0.1) is 5.56 Å². The molecule has 0 aliphatic rings. The highest BCUT2D eigenvalue weighted by Gasteiger charge is 2.32. The zero-order valence-electron chi connectivity index (χ0n) is 14.9. The Labute approximate surface area is 159 Å². The van der Waals surface area contributed by atoms with Crippen LogP contribution in [0.25, 0.3) is 0 Å². The molecule has 5 nitrogen and oxygen atoms in total. The van der Waals surface area contributed by atoms with E-state index in [2.05, 4.69) is 10.0 Å². The molecule has 1 amide bonds. The lowest BCUT2D eigenvalue weighted by atomic mass is 10.0. The largest absolute Gasteiger partial charge is 0.416 e. The second kappa shape index (κ2) is 8.27. The van der Waals surface area contributed by atoms with E-state index in [0.29, 0.717) is 0 Å². The molecule has 0 fully saturated rings. The molecule has 0 aliphatic carbocycles. The number of halogens is 4. The van der Waals surface area contributed by atoms with Gasteiger partial charge >= 0.3 is 6.18 Å². The minimum Gasteiger partial charge on any atom is -0.325 e. The number of amides is 1. The average molecular weight is 418 g/mol. The minimum absolute atomic E-state index is 0.143. The van der Waals surface area contributed by atoms with E-state index in [-0.39, 0.29) is 5.69 Å². The van der Waals surface area contributed by atoms with Crippen LogP contribution in [-0.2, 0) is 21.0 Å². The van der Waals surface area contributed by atoms with Crippen molar-refractivity contribution in [3.63, 3.8) is 0 Å². The SMILES string of the molecule is CC(C)[C@H](NS(=O)(=O)c1ccccc1F)C(=O)Nc1cccc(C(F)(F)F)c1. The molecule has 152 valence electrons. The van der Waals surface area contributed by atoms with Gasteiger partial charge in [-0.3, -0.25) is 4.79 Å². The number of nitrogens with one attached hydrogen (secondary N) is 2. The van der Waals surface area contributed by atoms with E-state index in [9.17, 15) is 30.8 Å². The number of rotatable bonds is 6. The van der Waals surface area contributed by atoms with Crippen molar-refractivity contribution in [2.24, 2.45) is 5.92 Å². The first-order valence-electron chi connectivity index (χ1n) is 8.17. The molecule has 2 aromatic carbocycles. The molecule has 2 N–H and O–H groups in total. The summed E-state index contributed by atoms with van der Waals surface area (Å²) in [5.41, 5.74) is -1.10. The number of hydrogen-bond donors (Lipinski definition) is 2. The van der Waals surface area contributed by atoms with Crippen molar-refractivity contribution in [2.75, 3.05) is 5.32 Å². The van der Waals surface area contributed by atoms with Crippen LogP contribution in [-0.4, -0.2) is 20.4 Å². The molecule has 0 saturated heterocycles. The molecule has 0 radical (unpaired) electrons. The van der Waals surface area contributed by atoms with Crippen molar-refractivity contribution in [1.82, 2.24) is 4.72 Å². The molecular weight excluding hydrogens is 400 g/mol. The summed E-state index contributed by atoms with van der Waals surface area (Å²) >= 11 is 0. The van der Waals surface area contributed by atoms with Crippen LogP contribution in [0.2, 0.25) is 0 Å². The molecular formula is C18H18F4N2O3S. The third-order valence-electron chi connectivity index (χ3n) is 3.81. The number of alkyl halides is 3. The predicted octanol–water partition coefficient (Wildman–Crippen LogP) is 3.79. The smallest absolute Gasteiger partial charge is 0.325 e. The Bertz CT molecular complexity index is 959. The monoisotopic (exact) mass is 418 g/mol. The van der Waals surface area contributed by atoms with Crippen molar-refractivity contribution in [3.05, 3.63) is 59.9 Å². The first-order valence-corrected chi connectivity index (χ1v) is 9.65. The van der Waals surface area contributed by atoms with Crippen molar-refractivity contribution in [2.45, 2.75) is 31.0 Å². The third-order valence-corrected chi connectivity index (χ3v) is 5.29. The van der Waals surface area contributed by atoms with E-state index in [1.165, 1.54) is 18.2 Å². The number of benzene rings is 2. The van der Waals surface area contributed by atoms with Gasteiger partial charge in [0.2, 0.25) is 15.9 Å². The Morgan fingerprint density at radius 2 is 1.68 bits per heavy atom. The highest BCUT2D eigenvalue weighted by Crippen LogP contribution is 2.30. The van der Waals surface area contributed by atoms with Gasteiger partial charge in [0, 0.05) is 5.69 Å². The van der Waals surface area contributed by atoms with E-state index in [1.54, 1.807) is 13.8 Å². The second-order valence-electron chi connectivity index (χ2n) is 6.34. The zero-order valence-corrected chi connectivity index (χ0v) is 15.7. The Morgan fingerprint density at radius 3 is 2.25 bits per heavy atom. The fraction of sp³-hybridized carbons (Fsp3) is 0.278. The predicted molar refractivity (Wildman–Crippen MR) is 95.4 cm³/mol. The summed E-state index contributed by atoms with van der Waals surface area (Å²) in [7, 11) is -4.37. The van der Waals surface area contributed by atoms with Crippen LogP contribution in [0.15, 0.2) is 53.4 Å². The van der Waals surface area contributed by atoms with E-state index in [1.807, 2.05) is 0 Å². The van der Waals surface area contributed by atoms with Crippen molar-refractivity contribution in [3.8, 4) is 0 Å². The summed E-state index contributed by atoms with van der Waals surface area (Å²) in [6, 6.07) is 7.25. The van der Waals surface area contributed by atoms with Gasteiger partial charge in [-0.1, -0.05) is 32.0 Å².